The van der Waals surface area contributed by atoms with Gasteiger partial charge >= 0.3 is 0 Å². The van der Waals surface area contributed by atoms with Crippen molar-refractivity contribution in [2.75, 3.05) is 33.3 Å². The number of morpholine rings is 1. The molecule has 21 heavy (non-hydrogen) atoms. The third-order valence-electron chi connectivity index (χ3n) is 3.32. The van der Waals surface area contributed by atoms with Gasteiger partial charge in [0.25, 0.3) is 0 Å². The molecule has 0 aliphatic carbocycles. The predicted octanol–water partition coefficient (Wildman–Crippen LogP) is 1.30. The van der Waals surface area contributed by atoms with Crippen molar-refractivity contribution in [3.05, 3.63) is 30.1 Å². The number of rotatable bonds is 5. The first-order valence-corrected chi connectivity index (χ1v) is 6.71. The summed E-state index contributed by atoms with van der Waals surface area (Å²) in [6.07, 6.45) is 4.88. The largest absolute Gasteiger partial charge is 0.375 e. The van der Waals surface area contributed by atoms with Crippen LogP contribution in [-0.4, -0.2) is 55.2 Å². The van der Waals surface area contributed by atoms with Crippen LogP contribution in [0.2, 0.25) is 0 Å². The summed E-state index contributed by atoms with van der Waals surface area (Å²) in [5.41, 5.74) is 1.20. The van der Waals surface area contributed by atoms with E-state index in [1.165, 1.54) is 5.56 Å². The van der Waals surface area contributed by atoms with E-state index in [-0.39, 0.29) is 36.8 Å². The molecule has 0 aromatic carbocycles. The summed E-state index contributed by atoms with van der Waals surface area (Å²) >= 11 is 0. The molecule has 1 atom stereocenters. The van der Waals surface area contributed by atoms with E-state index in [0.29, 0.717) is 13.0 Å². The Hall–Kier alpha value is -0.880. The number of hydrogen-bond acceptors (Lipinski definition) is 4. The lowest BCUT2D eigenvalue weighted by atomic mass is 10.1. The zero-order chi connectivity index (χ0) is 13.5. The van der Waals surface area contributed by atoms with Crippen LogP contribution in [0.15, 0.2) is 24.5 Å². The summed E-state index contributed by atoms with van der Waals surface area (Å²) in [6, 6.07) is 3.96. The standard InChI is InChI=1S/C14H21N3O2.2ClH/c1-17(8-4-12-2-5-15-6-3-12)14(18)10-13-11-16-7-9-19-13;;/h2-3,5-6,13,16H,4,7-11H2,1H3;2*1H. The van der Waals surface area contributed by atoms with E-state index < -0.39 is 0 Å². The lowest BCUT2D eigenvalue weighted by Crippen LogP contribution is -2.42. The van der Waals surface area contributed by atoms with Crippen LogP contribution in [0.25, 0.3) is 0 Å². The lowest BCUT2D eigenvalue weighted by Gasteiger charge is -2.25. The number of nitrogens with zero attached hydrogens (tertiary/aromatic N) is 2. The zero-order valence-corrected chi connectivity index (χ0v) is 13.8. The quantitative estimate of drug-likeness (QED) is 0.881. The van der Waals surface area contributed by atoms with Crippen molar-refractivity contribution < 1.29 is 9.53 Å². The van der Waals surface area contributed by atoms with Gasteiger partial charge in [-0.3, -0.25) is 9.78 Å². The fourth-order valence-corrected chi connectivity index (χ4v) is 2.07. The van der Waals surface area contributed by atoms with Crippen molar-refractivity contribution in [2.45, 2.75) is 18.9 Å². The molecule has 120 valence electrons. The smallest absolute Gasteiger partial charge is 0.224 e. The first-order valence-electron chi connectivity index (χ1n) is 6.71. The molecule has 7 heteroatoms. The Bertz CT molecular complexity index is 400. The molecule has 1 aliphatic heterocycles. The summed E-state index contributed by atoms with van der Waals surface area (Å²) in [4.78, 5) is 17.8. The van der Waals surface area contributed by atoms with E-state index in [1.54, 1.807) is 17.3 Å². The van der Waals surface area contributed by atoms with Gasteiger partial charge in [-0.05, 0) is 24.1 Å². The van der Waals surface area contributed by atoms with Gasteiger partial charge in [0.15, 0.2) is 0 Å². The van der Waals surface area contributed by atoms with Gasteiger partial charge < -0.3 is 15.0 Å². The first kappa shape index (κ1) is 20.1. The summed E-state index contributed by atoms with van der Waals surface area (Å²) < 4.78 is 5.54. The van der Waals surface area contributed by atoms with Crippen LogP contribution in [0.5, 0.6) is 0 Å². The fourth-order valence-electron chi connectivity index (χ4n) is 2.07. The summed E-state index contributed by atoms with van der Waals surface area (Å²) in [7, 11) is 1.85. The number of ether oxygens (including phenoxy) is 1. The summed E-state index contributed by atoms with van der Waals surface area (Å²) in [6.45, 7) is 3.06. The van der Waals surface area contributed by atoms with Crippen molar-refractivity contribution in [1.29, 1.82) is 0 Å². The van der Waals surface area contributed by atoms with Crippen molar-refractivity contribution in [3.8, 4) is 0 Å². The molecule has 0 radical (unpaired) electrons. The molecule has 1 N–H and O–H groups in total. The molecule has 0 saturated carbocycles. The van der Waals surface area contributed by atoms with Gasteiger partial charge in [0.2, 0.25) is 5.91 Å². The third-order valence-corrected chi connectivity index (χ3v) is 3.32. The number of carbonyl (C=O) groups excluding carboxylic acids is 1. The predicted molar refractivity (Wildman–Crippen MR) is 87.3 cm³/mol. The molecule has 2 heterocycles. The van der Waals surface area contributed by atoms with Gasteiger partial charge in [-0.1, -0.05) is 0 Å². The minimum absolute atomic E-state index is 0. The van der Waals surface area contributed by atoms with E-state index in [4.69, 9.17) is 4.74 Å². The molecule has 1 aliphatic rings. The Morgan fingerprint density at radius 1 is 1.43 bits per heavy atom. The van der Waals surface area contributed by atoms with Gasteiger partial charge in [-0.25, -0.2) is 0 Å². The van der Waals surface area contributed by atoms with Crippen LogP contribution in [-0.2, 0) is 16.0 Å². The van der Waals surface area contributed by atoms with Crippen LogP contribution in [0.4, 0.5) is 0 Å². The number of aromatic nitrogens is 1. The van der Waals surface area contributed by atoms with Crippen molar-refractivity contribution in [3.63, 3.8) is 0 Å². The van der Waals surface area contributed by atoms with E-state index >= 15 is 0 Å². The van der Waals surface area contributed by atoms with Crippen molar-refractivity contribution in [2.24, 2.45) is 0 Å². The van der Waals surface area contributed by atoms with E-state index in [0.717, 1.165) is 26.1 Å². The maximum atomic E-state index is 12.0. The summed E-state index contributed by atoms with van der Waals surface area (Å²) in [5.74, 6) is 0.141. The zero-order valence-electron chi connectivity index (χ0n) is 12.2. The number of hydrogen-bond donors (Lipinski definition) is 1. The third kappa shape index (κ3) is 7.09. The van der Waals surface area contributed by atoms with Crippen LogP contribution < -0.4 is 5.32 Å². The molecule has 5 nitrogen and oxygen atoms in total. The fraction of sp³-hybridized carbons (Fsp3) is 0.571. The van der Waals surface area contributed by atoms with Gasteiger partial charge in [-0.15, -0.1) is 24.8 Å². The second-order valence-corrected chi connectivity index (χ2v) is 4.82. The Balaban J connectivity index is 0.00000200. The van der Waals surface area contributed by atoms with Crippen LogP contribution in [0.3, 0.4) is 0 Å². The second-order valence-electron chi connectivity index (χ2n) is 4.82. The van der Waals surface area contributed by atoms with Gasteiger partial charge in [0.1, 0.15) is 0 Å². The highest BCUT2D eigenvalue weighted by molar-refractivity contribution is 5.85. The molecule has 1 fully saturated rings. The SMILES string of the molecule is CN(CCc1ccncc1)C(=O)CC1CNCCO1.Cl.Cl. The number of pyridine rings is 1. The van der Waals surface area contributed by atoms with Gasteiger partial charge in [0, 0.05) is 39.1 Å². The normalized spacial score (nSPS) is 17.3. The monoisotopic (exact) mass is 335 g/mol. The highest BCUT2D eigenvalue weighted by atomic mass is 35.5. The lowest BCUT2D eigenvalue weighted by molar-refractivity contribution is -0.133. The topological polar surface area (TPSA) is 54.5 Å². The maximum absolute atomic E-state index is 12.0. The second kappa shape index (κ2) is 10.8. The highest BCUT2D eigenvalue weighted by Gasteiger charge is 2.19. The van der Waals surface area contributed by atoms with Crippen molar-refractivity contribution >= 4 is 30.7 Å². The minimum Gasteiger partial charge on any atom is -0.375 e. The Morgan fingerprint density at radius 3 is 2.76 bits per heavy atom. The number of amides is 1. The van der Waals surface area contributed by atoms with Gasteiger partial charge in [0.05, 0.1) is 19.1 Å². The molecule has 2 rings (SSSR count). The molecule has 1 aromatic heterocycles. The van der Waals surface area contributed by atoms with Gasteiger partial charge in [-0.2, -0.15) is 0 Å². The molecular weight excluding hydrogens is 313 g/mol. The van der Waals surface area contributed by atoms with E-state index in [9.17, 15) is 4.79 Å². The molecule has 0 spiro atoms. The maximum Gasteiger partial charge on any atom is 0.224 e. The average Bonchev–Trinajstić information content (AvgIpc) is 2.47. The molecule has 1 unspecified atom stereocenters. The van der Waals surface area contributed by atoms with Crippen LogP contribution >= 0.6 is 24.8 Å². The van der Waals surface area contributed by atoms with Crippen molar-refractivity contribution in [1.82, 2.24) is 15.2 Å². The molecule has 0 bridgehead atoms. The first-order chi connectivity index (χ1) is 9.25. The minimum atomic E-state index is 0. The summed E-state index contributed by atoms with van der Waals surface area (Å²) in [5, 5.41) is 3.23. The Kier molecular flexibility index (Phi) is 10.3. The number of likely N-dealkylation sites (N-methyl/N-ethyl adjacent to an activating group) is 1. The van der Waals surface area contributed by atoms with Crippen LogP contribution in [0, 0.1) is 0 Å². The molecule has 1 aromatic rings. The highest BCUT2D eigenvalue weighted by Crippen LogP contribution is 2.05. The van der Waals surface area contributed by atoms with E-state index in [1.807, 2.05) is 19.2 Å². The molecule has 1 amide bonds. The average molecular weight is 336 g/mol. The van der Waals surface area contributed by atoms with E-state index in [2.05, 4.69) is 10.3 Å². The number of carbonyl (C=O) groups is 1. The molecule has 1 saturated heterocycles. The number of halogens is 2. The van der Waals surface area contributed by atoms with Crippen LogP contribution in [0.1, 0.15) is 12.0 Å². The number of nitrogens with one attached hydrogen (secondary N) is 1. The Labute approximate surface area is 138 Å². The Morgan fingerprint density at radius 2 is 2.14 bits per heavy atom. The molecular formula is C14H23Cl2N3O2.